The van der Waals surface area contributed by atoms with Crippen molar-refractivity contribution < 1.29 is 9.90 Å². The Morgan fingerprint density at radius 2 is 1.94 bits per heavy atom. The molecule has 1 aromatic rings. The molecule has 1 aromatic carbocycles. The van der Waals surface area contributed by atoms with Gasteiger partial charge in [0.05, 0.1) is 0 Å². The zero-order chi connectivity index (χ0) is 12.2. The molecule has 0 spiro atoms. The summed E-state index contributed by atoms with van der Waals surface area (Å²) in [6.45, 7) is 5.98. The number of rotatable bonds is 5. The Morgan fingerprint density at radius 1 is 1.38 bits per heavy atom. The van der Waals surface area contributed by atoms with Crippen molar-refractivity contribution in [1.82, 2.24) is 0 Å². The van der Waals surface area contributed by atoms with Crippen LogP contribution in [0.1, 0.15) is 32.8 Å². The lowest BCUT2D eigenvalue weighted by Crippen LogP contribution is -2.33. The Balaban J connectivity index is 3.18. The number of carboxylic acids is 1. The largest absolute Gasteiger partial charge is 0.480 e. The van der Waals surface area contributed by atoms with Gasteiger partial charge in [0, 0.05) is 5.25 Å². The van der Waals surface area contributed by atoms with Gasteiger partial charge in [0.25, 0.3) is 0 Å². The molecule has 0 heterocycles. The van der Waals surface area contributed by atoms with E-state index in [2.05, 4.69) is 0 Å². The van der Waals surface area contributed by atoms with Crippen LogP contribution in [0, 0.1) is 0 Å². The average Bonchev–Trinajstić information content (AvgIpc) is 2.26. The lowest BCUT2D eigenvalue weighted by molar-refractivity contribution is -0.140. The molecule has 0 saturated heterocycles. The third-order valence-corrected chi connectivity index (χ3v) is 4.09. The van der Waals surface area contributed by atoms with Gasteiger partial charge in [-0.05, 0) is 12.0 Å². The molecule has 0 bridgehead atoms. The van der Waals surface area contributed by atoms with Crippen molar-refractivity contribution in [2.75, 3.05) is 0 Å². The minimum atomic E-state index is -0.810. The fraction of sp³-hybridized carbons (Fsp3) is 0.462. The third kappa shape index (κ3) is 2.59. The van der Waals surface area contributed by atoms with Gasteiger partial charge in [0.15, 0.2) is 0 Å². The summed E-state index contributed by atoms with van der Waals surface area (Å²) in [5.41, 5.74) is 0.878. The van der Waals surface area contributed by atoms with E-state index in [-0.39, 0.29) is 5.25 Å². The van der Waals surface area contributed by atoms with Gasteiger partial charge >= 0.3 is 5.97 Å². The minimum absolute atomic E-state index is 0.288. The van der Waals surface area contributed by atoms with Crippen molar-refractivity contribution in [2.45, 2.75) is 37.2 Å². The first kappa shape index (κ1) is 13.1. The van der Waals surface area contributed by atoms with Crippen LogP contribution in [0.2, 0.25) is 0 Å². The van der Waals surface area contributed by atoms with Crippen LogP contribution in [-0.2, 0) is 9.54 Å². The normalized spacial score (nSPS) is 14.8. The number of aliphatic carboxylic acids is 1. The van der Waals surface area contributed by atoms with E-state index in [1.54, 1.807) is 0 Å². The highest BCUT2D eigenvalue weighted by Crippen LogP contribution is 2.42. The van der Waals surface area contributed by atoms with E-state index in [9.17, 15) is 9.90 Å². The molecule has 1 atom stereocenters. The summed E-state index contributed by atoms with van der Waals surface area (Å²) in [5.74, 6) is -0.750. The van der Waals surface area contributed by atoms with Crippen LogP contribution >= 0.6 is 11.8 Å². The molecule has 0 amide bonds. The molecule has 88 valence electrons. The molecule has 2 nitrogen and oxygen atoms in total. The lowest BCUT2D eigenvalue weighted by atomic mass is 9.95. The number of benzene rings is 1. The molecule has 0 radical (unpaired) electrons. The second kappa shape index (κ2) is 5.39. The number of carboxylic acid groups (broad SMARTS) is 1. The Labute approximate surface area is 101 Å². The maximum absolute atomic E-state index is 11.6. The van der Waals surface area contributed by atoms with Crippen LogP contribution in [0.4, 0.5) is 0 Å². The van der Waals surface area contributed by atoms with E-state index >= 15 is 0 Å². The number of thioether (sulfide) groups is 1. The molecule has 0 aliphatic rings. The monoisotopic (exact) mass is 238 g/mol. The van der Waals surface area contributed by atoms with Crippen LogP contribution < -0.4 is 0 Å². The highest BCUT2D eigenvalue weighted by molar-refractivity contribution is 8.01. The first-order chi connectivity index (χ1) is 7.53. The molecular weight excluding hydrogens is 220 g/mol. The molecule has 1 unspecified atom stereocenters. The van der Waals surface area contributed by atoms with Crippen molar-refractivity contribution in [3.05, 3.63) is 35.9 Å². The second-order valence-corrected chi connectivity index (χ2v) is 5.89. The standard InChI is InChI=1S/C13H18O2S/c1-4-13(12(14)15,16-10(2)3)11-8-6-5-7-9-11/h5-10H,4H2,1-3H3,(H,14,15). The minimum Gasteiger partial charge on any atom is -0.480 e. The Kier molecular flexibility index (Phi) is 4.42. The van der Waals surface area contributed by atoms with Crippen molar-refractivity contribution in [1.29, 1.82) is 0 Å². The number of hydrogen-bond donors (Lipinski definition) is 1. The lowest BCUT2D eigenvalue weighted by Gasteiger charge is -2.29. The first-order valence-corrected chi connectivity index (χ1v) is 6.37. The topological polar surface area (TPSA) is 37.3 Å². The number of carbonyl (C=O) groups is 1. The van der Waals surface area contributed by atoms with Crippen molar-refractivity contribution in [3.63, 3.8) is 0 Å². The van der Waals surface area contributed by atoms with E-state index in [0.29, 0.717) is 6.42 Å². The maximum atomic E-state index is 11.6. The fourth-order valence-corrected chi connectivity index (χ4v) is 3.13. The van der Waals surface area contributed by atoms with Crippen molar-refractivity contribution in [2.24, 2.45) is 0 Å². The van der Waals surface area contributed by atoms with Gasteiger partial charge in [0.2, 0.25) is 0 Å². The number of hydrogen-bond acceptors (Lipinski definition) is 2. The Hall–Kier alpha value is -0.960. The van der Waals surface area contributed by atoms with Crippen LogP contribution in [0.3, 0.4) is 0 Å². The van der Waals surface area contributed by atoms with Crippen LogP contribution in [-0.4, -0.2) is 16.3 Å². The summed E-state index contributed by atoms with van der Waals surface area (Å²) in [4.78, 5) is 11.6. The summed E-state index contributed by atoms with van der Waals surface area (Å²) >= 11 is 1.51. The van der Waals surface area contributed by atoms with E-state index in [0.717, 1.165) is 5.56 Å². The summed E-state index contributed by atoms with van der Waals surface area (Å²) < 4.78 is -0.810. The van der Waals surface area contributed by atoms with Gasteiger partial charge in [-0.3, -0.25) is 4.79 Å². The second-order valence-electron chi connectivity index (χ2n) is 4.02. The first-order valence-electron chi connectivity index (χ1n) is 5.49. The molecule has 0 aliphatic heterocycles. The van der Waals surface area contributed by atoms with Gasteiger partial charge in [0.1, 0.15) is 4.75 Å². The Morgan fingerprint density at radius 3 is 2.31 bits per heavy atom. The van der Waals surface area contributed by atoms with Crippen molar-refractivity contribution >= 4 is 17.7 Å². The quantitative estimate of drug-likeness (QED) is 0.852. The molecule has 1 N–H and O–H groups in total. The molecule has 0 aliphatic carbocycles. The Bertz CT molecular complexity index is 348. The summed E-state index contributed by atoms with van der Waals surface area (Å²) in [5, 5.41) is 9.79. The van der Waals surface area contributed by atoms with E-state index in [1.807, 2.05) is 51.1 Å². The van der Waals surface area contributed by atoms with Gasteiger partial charge < -0.3 is 5.11 Å². The van der Waals surface area contributed by atoms with Gasteiger partial charge in [-0.25, -0.2) is 0 Å². The third-order valence-electron chi connectivity index (χ3n) is 2.52. The van der Waals surface area contributed by atoms with Crippen LogP contribution in [0.5, 0.6) is 0 Å². The molecule has 0 saturated carbocycles. The SMILES string of the molecule is CCC(SC(C)C)(C(=O)O)c1ccccc1. The average molecular weight is 238 g/mol. The van der Waals surface area contributed by atoms with E-state index in [4.69, 9.17) is 0 Å². The summed E-state index contributed by atoms with van der Waals surface area (Å²) in [6.07, 6.45) is 0.592. The predicted octanol–water partition coefficient (Wildman–Crippen LogP) is 3.52. The predicted molar refractivity (Wildman–Crippen MR) is 68.8 cm³/mol. The molecule has 16 heavy (non-hydrogen) atoms. The van der Waals surface area contributed by atoms with Gasteiger partial charge in [-0.1, -0.05) is 51.1 Å². The molecule has 1 rings (SSSR count). The zero-order valence-electron chi connectivity index (χ0n) is 9.93. The maximum Gasteiger partial charge on any atom is 0.324 e. The summed E-state index contributed by atoms with van der Waals surface area (Å²) in [6, 6.07) is 9.49. The van der Waals surface area contributed by atoms with E-state index < -0.39 is 10.7 Å². The molecule has 3 heteroatoms. The summed E-state index contributed by atoms with van der Waals surface area (Å²) in [7, 11) is 0. The van der Waals surface area contributed by atoms with Crippen LogP contribution in [0.25, 0.3) is 0 Å². The fourth-order valence-electron chi connectivity index (χ4n) is 1.79. The van der Waals surface area contributed by atoms with Gasteiger partial charge in [-0.15, -0.1) is 11.8 Å². The van der Waals surface area contributed by atoms with Crippen LogP contribution in [0.15, 0.2) is 30.3 Å². The molecule has 0 fully saturated rings. The highest BCUT2D eigenvalue weighted by atomic mass is 32.2. The van der Waals surface area contributed by atoms with Crippen molar-refractivity contribution in [3.8, 4) is 0 Å². The smallest absolute Gasteiger partial charge is 0.324 e. The van der Waals surface area contributed by atoms with Gasteiger partial charge in [-0.2, -0.15) is 0 Å². The zero-order valence-corrected chi connectivity index (χ0v) is 10.8. The molecule has 0 aromatic heterocycles. The highest BCUT2D eigenvalue weighted by Gasteiger charge is 2.39. The molecular formula is C13H18O2S. The van der Waals surface area contributed by atoms with E-state index in [1.165, 1.54) is 11.8 Å².